The molecule has 1 aromatic heterocycles. The number of para-hydroxylation sites is 1. The number of carbonyl (C=O) groups is 1. The Labute approximate surface area is 182 Å². The van der Waals surface area contributed by atoms with Crippen molar-refractivity contribution in [3.05, 3.63) is 94.9 Å². The first-order chi connectivity index (χ1) is 15.1. The van der Waals surface area contributed by atoms with E-state index in [9.17, 15) is 9.59 Å². The second-order valence-electron chi connectivity index (χ2n) is 6.42. The fourth-order valence-electron chi connectivity index (χ4n) is 2.85. The number of hydrogen-bond donors (Lipinski definition) is 4. The highest BCUT2D eigenvalue weighted by atomic mass is 32.1. The zero-order valence-corrected chi connectivity index (χ0v) is 16.9. The van der Waals surface area contributed by atoms with Crippen LogP contribution in [-0.2, 0) is 0 Å². The van der Waals surface area contributed by atoms with Crippen molar-refractivity contribution in [1.82, 2.24) is 21.0 Å². The van der Waals surface area contributed by atoms with Crippen LogP contribution in [-0.4, -0.2) is 21.2 Å². The fraction of sp³-hybridized carbons (Fsp3) is 0. The van der Waals surface area contributed by atoms with E-state index >= 15 is 0 Å². The second-order valence-corrected chi connectivity index (χ2v) is 6.83. The molecule has 0 saturated carbocycles. The molecule has 0 atom stereocenters. The van der Waals surface area contributed by atoms with Crippen molar-refractivity contribution in [2.75, 3.05) is 5.32 Å². The summed E-state index contributed by atoms with van der Waals surface area (Å²) >= 11 is 5.21. The number of hydrazine groups is 1. The van der Waals surface area contributed by atoms with Crippen LogP contribution in [0.4, 0.5) is 5.69 Å². The summed E-state index contributed by atoms with van der Waals surface area (Å²) in [7, 11) is 0. The van der Waals surface area contributed by atoms with E-state index in [0.29, 0.717) is 22.2 Å². The lowest BCUT2D eigenvalue weighted by atomic mass is 10.1. The maximum atomic E-state index is 12.5. The van der Waals surface area contributed by atoms with Gasteiger partial charge in [0.15, 0.2) is 10.8 Å². The summed E-state index contributed by atoms with van der Waals surface area (Å²) in [5.74, 6) is 0.884. The number of rotatable bonds is 4. The van der Waals surface area contributed by atoms with Gasteiger partial charge in [-0.25, -0.2) is 5.10 Å². The number of fused-ring (bicyclic) bond motifs is 1. The standard InChI is InChI=1S/C22H17N5O3S/c28-20-18-9-5-4-8-17(18)19(24-25-20)21(29)26-27-22(31)23-14-10-12-16(13-11-14)30-15-6-2-1-3-7-15/h1-13H,(H,25,28)(H,26,29)(H2,23,27,31). The van der Waals surface area contributed by atoms with Crippen molar-refractivity contribution >= 4 is 39.7 Å². The van der Waals surface area contributed by atoms with E-state index in [2.05, 4.69) is 26.4 Å². The van der Waals surface area contributed by atoms with Crippen molar-refractivity contribution in [2.24, 2.45) is 0 Å². The second kappa shape index (κ2) is 9.06. The van der Waals surface area contributed by atoms with Crippen LogP contribution < -0.4 is 26.5 Å². The first-order valence-electron chi connectivity index (χ1n) is 9.28. The molecule has 4 aromatic rings. The molecular weight excluding hydrogens is 414 g/mol. The number of aromatic amines is 1. The third-order valence-electron chi connectivity index (χ3n) is 4.29. The Morgan fingerprint density at radius 3 is 2.23 bits per heavy atom. The highest BCUT2D eigenvalue weighted by Gasteiger charge is 2.14. The van der Waals surface area contributed by atoms with Gasteiger partial charge in [-0.15, -0.1) is 0 Å². The Kier molecular flexibility index (Phi) is 5.86. The molecule has 1 amide bonds. The molecular formula is C22H17N5O3S. The number of amides is 1. The molecule has 4 rings (SSSR count). The molecule has 4 N–H and O–H groups in total. The molecule has 154 valence electrons. The van der Waals surface area contributed by atoms with Crippen molar-refractivity contribution in [3.63, 3.8) is 0 Å². The van der Waals surface area contributed by atoms with Crippen molar-refractivity contribution in [2.45, 2.75) is 0 Å². The van der Waals surface area contributed by atoms with E-state index in [4.69, 9.17) is 17.0 Å². The quantitative estimate of drug-likeness (QED) is 0.290. The highest BCUT2D eigenvalue weighted by molar-refractivity contribution is 7.80. The number of aromatic nitrogens is 2. The topological polar surface area (TPSA) is 108 Å². The predicted octanol–water partition coefficient (Wildman–Crippen LogP) is 3.35. The lowest BCUT2D eigenvalue weighted by Gasteiger charge is -2.12. The highest BCUT2D eigenvalue weighted by Crippen LogP contribution is 2.22. The van der Waals surface area contributed by atoms with Gasteiger partial charge >= 0.3 is 0 Å². The Morgan fingerprint density at radius 2 is 1.48 bits per heavy atom. The Morgan fingerprint density at radius 1 is 0.839 bits per heavy atom. The summed E-state index contributed by atoms with van der Waals surface area (Å²) in [6, 6.07) is 23.4. The summed E-state index contributed by atoms with van der Waals surface area (Å²) in [5.41, 5.74) is 5.51. The van der Waals surface area contributed by atoms with Gasteiger partial charge in [0.25, 0.3) is 11.5 Å². The van der Waals surface area contributed by atoms with Crippen LogP contribution >= 0.6 is 12.2 Å². The van der Waals surface area contributed by atoms with Crippen LogP contribution in [0.3, 0.4) is 0 Å². The maximum absolute atomic E-state index is 12.5. The molecule has 9 heteroatoms. The van der Waals surface area contributed by atoms with E-state index in [1.54, 1.807) is 48.5 Å². The van der Waals surface area contributed by atoms with Crippen LogP contribution in [0.25, 0.3) is 10.8 Å². The Balaban J connectivity index is 1.35. The van der Waals surface area contributed by atoms with Crippen LogP contribution in [0, 0.1) is 0 Å². The molecule has 0 aliphatic heterocycles. The number of anilines is 1. The number of benzene rings is 3. The van der Waals surface area contributed by atoms with Gasteiger partial charge in [-0.05, 0) is 54.7 Å². The number of carbonyl (C=O) groups excluding carboxylic acids is 1. The monoisotopic (exact) mass is 431 g/mol. The maximum Gasteiger partial charge on any atom is 0.290 e. The van der Waals surface area contributed by atoms with Crippen LogP contribution in [0.2, 0.25) is 0 Å². The zero-order chi connectivity index (χ0) is 21.6. The Bertz CT molecular complexity index is 1290. The molecule has 0 spiro atoms. The molecule has 0 saturated heterocycles. The molecule has 0 radical (unpaired) electrons. The number of nitrogens with zero attached hydrogens (tertiary/aromatic N) is 1. The lowest BCUT2D eigenvalue weighted by Crippen LogP contribution is -2.44. The van der Waals surface area contributed by atoms with Gasteiger partial charge in [-0.2, -0.15) is 5.10 Å². The van der Waals surface area contributed by atoms with E-state index in [0.717, 1.165) is 5.75 Å². The molecule has 0 aliphatic rings. The summed E-state index contributed by atoms with van der Waals surface area (Å²) < 4.78 is 5.74. The van der Waals surface area contributed by atoms with Gasteiger partial charge in [0.1, 0.15) is 11.5 Å². The molecule has 3 aromatic carbocycles. The first-order valence-corrected chi connectivity index (χ1v) is 9.69. The fourth-order valence-corrected chi connectivity index (χ4v) is 3.02. The molecule has 8 nitrogen and oxygen atoms in total. The number of ether oxygens (including phenoxy) is 1. The molecule has 0 fully saturated rings. The van der Waals surface area contributed by atoms with E-state index in [1.165, 1.54) is 0 Å². The number of nitrogens with one attached hydrogen (secondary N) is 4. The summed E-state index contributed by atoms with van der Waals surface area (Å²) in [6.07, 6.45) is 0. The summed E-state index contributed by atoms with van der Waals surface area (Å²) in [6.45, 7) is 0. The predicted molar refractivity (Wildman–Crippen MR) is 122 cm³/mol. The average molecular weight is 431 g/mol. The third kappa shape index (κ3) is 4.85. The first kappa shape index (κ1) is 20.0. The third-order valence-corrected chi connectivity index (χ3v) is 4.50. The SMILES string of the molecule is O=C(NNC(=S)Nc1ccc(Oc2ccccc2)cc1)c1n[nH]c(=O)c2ccccc12. The van der Waals surface area contributed by atoms with Gasteiger partial charge in [0.2, 0.25) is 0 Å². The van der Waals surface area contributed by atoms with Crippen LogP contribution in [0.1, 0.15) is 10.5 Å². The van der Waals surface area contributed by atoms with E-state index in [1.807, 2.05) is 30.3 Å². The average Bonchev–Trinajstić information content (AvgIpc) is 2.80. The normalized spacial score (nSPS) is 10.3. The van der Waals surface area contributed by atoms with E-state index < -0.39 is 5.91 Å². The summed E-state index contributed by atoms with van der Waals surface area (Å²) in [4.78, 5) is 24.3. The summed E-state index contributed by atoms with van der Waals surface area (Å²) in [5, 5.41) is 10.1. The molecule has 0 aliphatic carbocycles. The number of thiocarbonyl (C=S) groups is 1. The minimum Gasteiger partial charge on any atom is -0.457 e. The molecule has 1 heterocycles. The van der Waals surface area contributed by atoms with Crippen LogP contribution in [0.5, 0.6) is 11.5 Å². The van der Waals surface area contributed by atoms with Crippen molar-refractivity contribution in [3.8, 4) is 11.5 Å². The smallest absolute Gasteiger partial charge is 0.290 e. The largest absolute Gasteiger partial charge is 0.457 e. The van der Waals surface area contributed by atoms with Crippen LogP contribution in [0.15, 0.2) is 83.7 Å². The minimum absolute atomic E-state index is 0.0768. The van der Waals surface area contributed by atoms with Gasteiger partial charge < -0.3 is 10.1 Å². The van der Waals surface area contributed by atoms with Gasteiger partial charge in [-0.3, -0.25) is 20.4 Å². The van der Waals surface area contributed by atoms with Gasteiger partial charge in [0, 0.05) is 11.1 Å². The lowest BCUT2D eigenvalue weighted by molar-refractivity contribution is 0.0940. The zero-order valence-electron chi connectivity index (χ0n) is 16.1. The molecule has 31 heavy (non-hydrogen) atoms. The number of H-pyrrole nitrogens is 1. The van der Waals surface area contributed by atoms with Gasteiger partial charge in [0.05, 0.1) is 5.39 Å². The van der Waals surface area contributed by atoms with Crippen molar-refractivity contribution < 1.29 is 9.53 Å². The van der Waals surface area contributed by atoms with E-state index in [-0.39, 0.29) is 16.4 Å². The Hall–Kier alpha value is -4.24. The van der Waals surface area contributed by atoms with Gasteiger partial charge in [-0.1, -0.05) is 36.4 Å². The van der Waals surface area contributed by atoms with Crippen molar-refractivity contribution in [1.29, 1.82) is 0 Å². The molecule has 0 unspecified atom stereocenters. The minimum atomic E-state index is -0.539. The number of hydrogen-bond acceptors (Lipinski definition) is 5. The molecule has 0 bridgehead atoms.